The Morgan fingerprint density at radius 1 is 1.33 bits per heavy atom. The molecule has 0 unspecified atom stereocenters. The third-order valence-electron chi connectivity index (χ3n) is 5.35. The smallest absolute Gasteiger partial charge is 0.138 e. The fourth-order valence-electron chi connectivity index (χ4n) is 3.91. The molecule has 1 heterocycles. The van der Waals surface area contributed by atoms with E-state index in [1.807, 2.05) is 4.68 Å². The summed E-state index contributed by atoms with van der Waals surface area (Å²) < 4.78 is 2.05. The Morgan fingerprint density at radius 2 is 2.00 bits per heavy atom. The molecule has 0 aromatic carbocycles. The summed E-state index contributed by atoms with van der Waals surface area (Å²) in [6, 6.07) is 0. The van der Waals surface area contributed by atoms with E-state index in [4.69, 9.17) is 0 Å². The van der Waals surface area contributed by atoms with Crippen LogP contribution in [0.2, 0.25) is 0 Å². The van der Waals surface area contributed by atoms with Crippen LogP contribution >= 0.6 is 0 Å². The van der Waals surface area contributed by atoms with Crippen molar-refractivity contribution in [2.45, 2.75) is 66.3 Å². The van der Waals surface area contributed by atoms with Gasteiger partial charge in [0.15, 0.2) is 0 Å². The van der Waals surface area contributed by atoms with E-state index in [9.17, 15) is 0 Å². The van der Waals surface area contributed by atoms with E-state index in [1.54, 1.807) is 6.33 Å². The van der Waals surface area contributed by atoms with Gasteiger partial charge in [0, 0.05) is 19.5 Å². The van der Waals surface area contributed by atoms with Crippen LogP contribution in [0.4, 0.5) is 0 Å². The average molecular weight is 292 g/mol. The molecule has 1 N–H and O–H groups in total. The number of aryl methyl sites for hydroxylation is 1. The van der Waals surface area contributed by atoms with Crippen molar-refractivity contribution in [2.75, 3.05) is 13.6 Å². The number of hydrogen-bond acceptors (Lipinski definition) is 3. The normalized spacial score (nSPS) is 27.0. The quantitative estimate of drug-likeness (QED) is 0.905. The standard InChI is InChI=1S/C17H32N4/c1-6-21-15(19-13-20-21)11-17(12-18-5)9-7-14(8-10-17)16(2,3)4/h13-14,18H,6-12H2,1-5H3. The van der Waals surface area contributed by atoms with E-state index >= 15 is 0 Å². The Morgan fingerprint density at radius 3 is 2.52 bits per heavy atom. The van der Waals surface area contributed by atoms with Gasteiger partial charge >= 0.3 is 0 Å². The average Bonchev–Trinajstić information content (AvgIpc) is 2.85. The molecule has 1 saturated carbocycles. The molecule has 0 bridgehead atoms. The summed E-state index contributed by atoms with van der Waals surface area (Å²) in [7, 11) is 2.07. The highest BCUT2D eigenvalue weighted by molar-refractivity contribution is 4.98. The Bertz CT molecular complexity index is 436. The summed E-state index contributed by atoms with van der Waals surface area (Å²) in [5.41, 5.74) is 0.797. The minimum absolute atomic E-state index is 0.358. The molecule has 0 atom stereocenters. The van der Waals surface area contributed by atoms with Crippen molar-refractivity contribution in [3.8, 4) is 0 Å². The summed E-state index contributed by atoms with van der Waals surface area (Å²) in [5.74, 6) is 2.01. The molecular weight excluding hydrogens is 260 g/mol. The van der Waals surface area contributed by atoms with Gasteiger partial charge in [-0.05, 0) is 56.4 Å². The number of aromatic nitrogens is 3. The first-order valence-electron chi connectivity index (χ1n) is 8.41. The topological polar surface area (TPSA) is 42.7 Å². The molecule has 4 heteroatoms. The van der Waals surface area contributed by atoms with Crippen LogP contribution in [0, 0.1) is 16.7 Å². The lowest BCUT2D eigenvalue weighted by molar-refractivity contribution is 0.0854. The van der Waals surface area contributed by atoms with Crippen LogP contribution in [0.3, 0.4) is 0 Å². The molecule has 1 aliphatic rings. The predicted molar refractivity (Wildman–Crippen MR) is 87.2 cm³/mol. The first-order chi connectivity index (χ1) is 9.90. The monoisotopic (exact) mass is 292 g/mol. The van der Waals surface area contributed by atoms with Crippen LogP contribution in [0.15, 0.2) is 6.33 Å². The van der Waals surface area contributed by atoms with Crippen molar-refractivity contribution in [3.63, 3.8) is 0 Å². The maximum atomic E-state index is 4.50. The summed E-state index contributed by atoms with van der Waals surface area (Å²) in [4.78, 5) is 4.50. The summed E-state index contributed by atoms with van der Waals surface area (Å²) in [5, 5.41) is 7.76. The molecule has 0 spiro atoms. The highest BCUT2D eigenvalue weighted by Gasteiger charge is 2.39. The maximum absolute atomic E-state index is 4.50. The van der Waals surface area contributed by atoms with Gasteiger partial charge in [-0.1, -0.05) is 20.8 Å². The van der Waals surface area contributed by atoms with Gasteiger partial charge < -0.3 is 5.32 Å². The number of hydrogen-bond donors (Lipinski definition) is 1. The van der Waals surface area contributed by atoms with Gasteiger partial charge in [-0.2, -0.15) is 5.10 Å². The molecule has 2 rings (SSSR count). The zero-order valence-electron chi connectivity index (χ0n) is 14.4. The van der Waals surface area contributed by atoms with Crippen molar-refractivity contribution < 1.29 is 0 Å². The lowest BCUT2D eigenvalue weighted by Gasteiger charge is -2.44. The van der Waals surface area contributed by atoms with Crippen LogP contribution in [0.5, 0.6) is 0 Å². The Kier molecular flexibility index (Phi) is 5.07. The number of nitrogens with one attached hydrogen (secondary N) is 1. The Hall–Kier alpha value is -0.900. The Balaban J connectivity index is 2.09. The van der Waals surface area contributed by atoms with Gasteiger partial charge in [-0.15, -0.1) is 0 Å². The fraction of sp³-hybridized carbons (Fsp3) is 0.882. The van der Waals surface area contributed by atoms with Crippen molar-refractivity contribution >= 4 is 0 Å². The lowest BCUT2D eigenvalue weighted by Crippen LogP contribution is -2.41. The van der Waals surface area contributed by atoms with Gasteiger partial charge in [0.2, 0.25) is 0 Å². The second-order valence-electron chi connectivity index (χ2n) is 7.84. The van der Waals surface area contributed by atoms with Crippen LogP contribution in [-0.2, 0) is 13.0 Å². The maximum Gasteiger partial charge on any atom is 0.138 e. The molecule has 0 radical (unpaired) electrons. The summed E-state index contributed by atoms with van der Waals surface area (Å²) >= 11 is 0. The van der Waals surface area contributed by atoms with Crippen LogP contribution in [0.25, 0.3) is 0 Å². The molecule has 0 saturated heterocycles. The van der Waals surface area contributed by atoms with Crippen LogP contribution < -0.4 is 5.32 Å². The van der Waals surface area contributed by atoms with E-state index < -0.39 is 0 Å². The largest absolute Gasteiger partial charge is 0.319 e. The van der Waals surface area contributed by atoms with Gasteiger partial charge in [0.05, 0.1) is 0 Å². The summed E-state index contributed by atoms with van der Waals surface area (Å²) in [6.07, 6.45) is 8.03. The first-order valence-corrected chi connectivity index (χ1v) is 8.41. The zero-order valence-corrected chi connectivity index (χ0v) is 14.4. The van der Waals surface area contributed by atoms with E-state index in [2.05, 4.69) is 50.1 Å². The molecule has 0 aliphatic heterocycles. The fourth-order valence-corrected chi connectivity index (χ4v) is 3.91. The highest BCUT2D eigenvalue weighted by Crippen LogP contribution is 2.46. The third kappa shape index (κ3) is 3.85. The summed E-state index contributed by atoms with van der Waals surface area (Å²) in [6.45, 7) is 11.3. The predicted octanol–water partition coefficient (Wildman–Crippen LogP) is 3.28. The van der Waals surface area contributed by atoms with Crippen molar-refractivity contribution in [1.29, 1.82) is 0 Å². The zero-order chi connectivity index (χ0) is 15.5. The van der Waals surface area contributed by atoms with E-state index in [-0.39, 0.29) is 0 Å². The van der Waals surface area contributed by atoms with Crippen LogP contribution in [0.1, 0.15) is 59.2 Å². The van der Waals surface area contributed by atoms with Crippen molar-refractivity contribution in [2.24, 2.45) is 16.7 Å². The Labute approximate surface area is 129 Å². The van der Waals surface area contributed by atoms with Gasteiger partial charge in [-0.25, -0.2) is 4.98 Å². The van der Waals surface area contributed by atoms with Crippen molar-refractivity contribution in [3.05, 3.63) is 12.2 Å². The molecule has 4 nitrogen and oxygen atoms in total. The molecular formula is C17H32N4. The molecule has 120 valence electrons. The molecule has 21 heavy (non-hydrogen) atoms. The second kappa shape index (κ2) is 6.47. The molecule has 1 aliphatic carbocycles. The minimum Gasteiger partial charge on any atom is -0.319 e. The lowest BCUT2D eigenvalue weighted by atomic mass is 9.63. The molecule has 1 aromatic heterocycles. The van der Waals surface area contributed by atoms with Gasteiger partial charge in [-0.3, -0.25) is 4.68 Å². The number of nitrogens with zero attached hydrogens (tertiary/aromatic N) is 3. The minimum atomic E-state index is 0.358. The van der Waals surface area contributed by atoms with E-state index in [0.717, 1.165) is 31.3 Å². The number of rotatable bonds is 5. The van der Waals surface area contributed by atoms with E-state index in [0.29, 0.717) is 10.8 Å². The second-order valence-corrected chi connectivity index (χ2v) is 7.84. The SMILES string of the molecule is CCn1ncnc1CC1(CNC)CCC(C(C)(C)C)CC1. The molecule has 1 aromatic rings. The third-order valence-corrected chi connectivity index (χ3v) is 5.35. The first kappa shape index (κ1) is 16.5. The molecule has 1 fully saturated rings. The van der Waals surface area contributed by atoms with Gasteiger partial charge in [0.1, 0.15) is 12.2 Å². The van der Waals surface area contributed by atoms with E-state index in [1.165, 1.54) is 25.7 Å². The molecule has 0 amide bonds. The van der Waals surface area contributed by atoms with Crippen LogP contribution in [-0.4, -0.2) is 28.4 Å². The van der Waals surface area contributed by atoms with Crippen molar-refractivity contribution in [1.82, 2.24) is 20.1 Å². The highest BCUT2D eigenvalue weighted by atomic mass is 15.3. The van der Waals surface area contributed by atoms with Gasteiger partial charge in [0.25, 0.3) is 0 Å².